The first kappa shape index (κ1) is 28.5. The second-order valence-electron chi connectivity index (χ2n) is 10.1. The zero-order valence-electron chi connectivity index (χ0n) is 24.0. The van der Waals surface area contributed by atoms with Crippen LogP contribution in [0.2, 0.25) is 0 Å². The van der Waals surface area contributed by atoms with Crippen LogP contribution in [0.15, 0.2) is 121 Å². The van der Waals surface area contributed by atoms with Crippen LogP contribution >= 0.6 is 0 Å². The number of hydrogen-bond acceptors (Lipinski definition) is 1. The minimum absolute atomic E-state index is 1.22. The van der Waals surface area contributed by atoms with Crippen molar-refractivity contribution in [2.24, 2.45) is 0 Å². The standard InChI is InChI=1S/C15H17N.C14H14.C8H10/c1-12-4-8-14(9-5-12)16(3)15-10-6-13(2)7-11-15;1-11-3-7-13(8-4-11)14-9-5-12(2)6-10-14;1-7-3-5-8(2)6-4-7/h4-11H,1-3H3;3-10H,1-2H3;3-6H,1-2H3. The van der Waals surface area contributed by atoms with Crippen LogP contribution in [0.3, 0.4) is 0 Å². The first-order valence-electron chi connectivity index (χ1n) is 13.3. The minimum Gasteiger partial charge on any atom is -0.345 e. The molecule has 5 aromatic carbocycles. The van der Waals surface area contributed by atoms with Crippen molar-refractivity contribution in [2.75, 3.05) is 11.9 Å². The molecule has 0 saturated carbocycles. The number of anilines is 2. The normalized spacial score (nSPS) is 9.97. The Kier molecular flexibility index (Phi) is 10.5. The summed E-state index contributed by atoms with van der Waals surface area (Å²) >= 11 is 0. The first-order chi connectivity index (χ1) is 18.2. The monoisotopic (exact) mass is 499 g/mol. The zero-order chi connectivity index (χ0) is 27.5. The van der Waals surface area contributed by atoms with E-state index in [1.165, 1.54) is 55.9 Å². The van der Waals surface area contributed by atoms with Crippen molar-refractivity contribution in [1.29, 1.82) is 0 Å². The van der Waals surface area contributed by atoms with Crippen molar-refractivity contribution in [3.05, 3.63) is 155 Å². The fourth-order valence-electron chi connectivity index (χ4n) is 3.81. The van der Waals surface area contributed by atoms with Gasteiger partial charge in [0.05, 0.1) is 0 Å². The molecule has 0 atom stereocenters. The topological polar surface area (TPSA) is 3.24 Å². The maximum atomic E-state index is 2.19. The van der Waals surface area contributed by atoms with Gasteiger partial charge in [0.15, 0.2) is 0 Å². The number of nitrogens with zero attached hydrogens (tertiary/aromatic N) is 1. The highest BCUT2D eigenvalue weighted by Gasteiger charge is 2.02. The quantitative estimate of drug-likeness (QED) is 0.239. The summed E-state index contributed by atoms with van der Waals surface area (Å²) < 4.78 is 0. The second-order valence-corrected chi connectivity index (χ2v) is 10.1. The molecule has 0 amide bonds. The molecule has 0 spiro atoms. The van der Waals surface area contributed by atoms with Gasteiger partial charge < -0.3 is 4.90 Å². The molecule has 0 saturated heterocycles. The molecule has 5 rings (SSSR count). The van der Waals surface area contributed by atoms with Gasteiger partial charge in [-0.2, -0.15) is 0 Å². The summed E-state index contributed by atoms with van der Waals surface area (Å²) in [5.74, 6) is 0. The van der Waals surface area contributed by atoms with E-state index in [0.717, 1.165) is 0 Å². The maximum Gasteiger partial charge on any atom is 0.0408 e. The van der Waals surface area contributed by atoms with Crippen LogP contribution < -0.4 is 4.90 Å². The van der Waals surface area contributed by atoms with E-state index in [2.05, 4.69) is 175 Å². The summed E-state index contributed by atoms with van der Waals surface area (Å²) in [5, 5.41) is 0. The molecular formula is C37H41N. The zero-order valence-corrected chi connectivity index (χ0v) is 24.0. The predicted octanol–water partition coefficient (Wildman–Crippen LogP) is 10.3. The highest BCUT2D eigenvalue weighted by Crippen LogP contribution is 2.24. The van der Waals surface area contributed by atoms with Crippen molar-refractivity contribution in [2.45, 2.75) is 41.5 Å². The Labute approximate surface area is 230 Å². The molecule has 0 bridgehead atoms. The maximum absolute atomic E-state index is 2.19. The fourth-order valence-corrected chi connectivity index (χ4v) is 3.81. The Hall–Kier alpha value is -4.10. The molecule has 0 N–H and O–H groups in total. The number of aryl methyl sites for hydroxylation is 6. The molecule has 1 nitrogen and oxygen atoms in total. The van der Waals surface area contributed by atoms with E-state index in [-0.39, 0.29) is 0 Å². The lowest BCUT2D eigenvalue weighted by Gasteiger charge is -2.19. The third-order valence-electron chi connectivity index (χ3n) is 6.50. The van der Waals surface area contributed by atoms with Crippen molar-refractivity contribution in [3.63, 3.8) is 0 Å². The smallest absolute Gasteiger partial charge is 0.0408 e. The Balaban J connectivity index is 0.000000166. The van der Waals surface area contributed by atoms with Gasteiger partial charge in [-0.05, 0) is 76.9 Å². The minimum atomic E-state index is 1.22. The largest absolute Gasteiger partial charge is 0.345 e. The molecule has 5 aromatic rings. The molecule has 38 heavy (non-hydrogen) atoms. The first-order valence-corrected chi connectivity index (χ1v) is 13.3. The average Bonchev–Trinajstić information content (AvgIpc) is 2.93. The van der Waals surface area contributed by atoms with Gasteiger partial charge in [0, 0.05) is 18.4 Å². The van der Waals surface area contributed by atoms with Crippen molar-refractivity contribution >= 4 is 11.4 Å². The third kappa shape index (κ3) is 9.09. The highest BCUT2D eigenvalue weighted by atomic mass is 15.1. The third-order valence-corrected chi connectivity index (χ3v) is 6.50. The van der Waals surface area contributed by atoms with Crippen LogP contribution in [-0.2, 0) is 0 Å². The lowest BCUT2D eigenvalue weighted by molar-refractivity contribution is 1.20. The Morgan fingerprint density at radius 3 is 0.711 bits per heavy atom. The van der Waals surface area contributed by atoms with Crippen LogP contribution in [0.25, 0.3) is 11.1 Å². The Morgan fingerprint density at radius 1 is 0.289 bits per heavy atom. The molecule has 0 aliphatic carbocycles. The summed E-state index contributed by atoms with van der Waals surface area (Å²) in [4.78, 5) is 2.19. The van der Waals surface area contributed by atoms with E-state index < -0.39 is 0 Å². The van der Waals surface area contributed by atoms with Crippen LogP contribution in [0.4, 0.5) is 11.4 Å². The molecule has 0 radical (unpaired) electrons. The summed E-state index contributed by atoms with van der Waals surface area (Å²) in [6, 6.07) is 42.9. The average molecular weight is 500 g/mol. The van der Waals surface area contributed by atoms with Gasteiger partial charge in [0.1, 0.15) is 0 Å². The molecule has 194 valence electrons. The summed E-state index contributed by atoms with van der Waals surface area (Å²) in [7, 11) is 2.09. The summed E-state index contributed by atoms with van der Waals surface area (Å²) in [5.41, 5.74) is 12.9. The predicted molar refractivity (Wildman–Crippen MR) is 168 cm³/mol. The molecule has 0 aliphatic heterocycles. The van der Waals surface area contributed by atoms with Gasteiger partial charge >= 0.3 is 0 Å². The number of hydrogen-bond donors (Lipinski definition) is 0. The molecular weight excluding hydrogens is 458 g/mol. The molecule has 0 aromatic heterocycles. The van der Waals surface area contributed by atoms with Gasteiger partial charge in [0.2, 0.25) is 0 Å². The van der Waals surface area contributed by atoms with E-state index >= 15 is 0 Å². The second kappa shape index (κ2) is 14.0. The summed E-state index contributed by atoms with van der Waals surface area (Å²) in [6.45, 7) is 12.6. The van der Waals surface area contributed by atoms with Crippen LogP contribution in [-0.4, -0.2) is 7.05 Å². The lowest BCUT2D eigenvalue weighted by atomic mass is 10.0. The molecule has 0 heterocycles. The molecule has 0 aliphatic rings. The lowest BCUT2D eigenvalue weighted by Crippen LogP contribution is -2.08. The number of rotatable bonds is 3. The summed E-state index contributed by atoms with van der Waals surface area (Å²) in [6.07, 6.45) is 0. The van der Waals surface area contributed by atoms with Crippen molar-refractivity contribution < 1.29 is 0 Å². The van der Waals surface area contributed by atoms with Crippen LogP contribution in [0, 0.1) is 41.5 Å². The van der Waals surface area contributed by atoms with E-state index in [1.54, 1.807) is 0 Å². The molecule has 0 fully saturated rings. The highest BCUT2D eigenvalue weighted by molar-refractivity contribution is 5.64. The van der Waals surface area contributed by atoms with Gasteiger partial charge in [-0.25, -0.2) is 0 Å². The van der Waals surface area contributed by atoms with Gasteiger partial charge in [-0.1, -0.05) is 130 Å². The van der Waals surface area contributed by atoms with Crippen LogP contribution in [0.1, 0.15) is 33.4 Å². The molecule has 0 unspecified atom stereocenters. The fraction of sp³-hybridized carbons (Fsp3) is 0.189. The van der Waals surface area contributed by atoms with Gasteiger partial charge in [0.25, 0.3) is 0 Å². The Bertz CT molecular complexity index is 1250. The Morgan fingerprint density at radius 2 is 0.474 bits per heavy atom. The van der Waals surface area contributed by atoms with E-state index in [1.807, 2.05) is 0 Å². The van der Waals surface area contributed by atoms with Crippen LogP contribution in [0.5, 0.6) is 0 Å². The van der Waals surface area contributed by atoms with Gasteiger partial charge in [-0.15, -0.1) is 0 Å². The SMILES string of the molecule is Cc1ccc(-c2ccc(C)cc2)cc1.Cc1ccc(C)cc1.Cc1ccc(N(C)c2ccc(C)cc2)cc1. The van der Waals surface area contributed by atoms with Crippen molar-refractivity contribution in [1.82, 2.24) is 0 Å². The van der Waals surface area contributed by atoms with Crippen molar-refractivity contribution in [3.8, 4) is 11.1 Å². The van der Waals surface area contributed by atoms with E-state index in [9.17, 15) is 0 Å². The van der Waals surface area contributed by atoms with E-state index in [0.29, 0.717) is 0 Å². The molecule has 1 heteroatoms. The number of benzene rings is 5. The van der Waals surface area contributed by atoms with E-state index in [4.69, 9.17) is 0 Å². The van der Waals surface area contributed by atoms with Gasteiger partial charge in [-0.3, -0.25) is 0 Å².